The molecular formula is C22H29N3O3. The fourth-order valence-electron chi connectivity index (χ4n) is 4.85. The minimum absolute atomic E-state index is 0.0272. The van der Waals surface area contributed by atoms with Gasteiger partial charge in [-0.25, -0.2) is 0 Å². The number of amides is 2. The van der Waals surface area contributed by atoms with E-state index in [0.29, 0.717) is 13.1 Å². The predicted molar refractivity (Wildman–Crippen MR) is 109 cm³/mol. The van der Waals surface area contributed by atoms with E-state index in [2.05, 4.69) is 11.5 Å². The number of carbonyl (C=O) groups is 2. The maximum absolute atomic E-state index is 13.6. The highest BCUT2D eigenvalue weighted by Crippen LogP contribution is 2.33. The van der Waals surface area contributed by atoms with E-state index in [1.54, 1.807) is 7.11 Å². The van der Waals surface area contributed by atoms with Crippen molar-refractivity contribution in [3.63, 3.8) is 0 Å². The number of hydrogen-bond acceptors (Lipinski definition) is 3. The molecule has 150 valence electrons. The molecule has 6 heteroatoms. The SMILES string of the molecule is CCCN1C(=O)[C@@H]2CC[C@H]1CN(C(=O)c1c(C)n(C)c3ccc(OC)cc13)C2. The number of rotatable bonds is 4. The number of aromatic nitrogens is 1. The second-order valence-corrected chi connectivity index (χ2v) is 8.07. The van der Waals surface area contributed by atoms with Gasteiger partial charge in [0.2, 0.25) is 5.91 Å². The van der Waals surface area contributed by atoms with E-state index < -0.39 is 0 Å². The third-order valence-corrected chi connectivity index (χ3v) is 6.46. The Kier molecular flexibility index (Phi) is 4.81. The Morgan fingerprint density at radius 3 is 2.75 bits per heavy atom. The molecule has 4 heterocycles. The standard InChI is InChI=1S/C22H29N3O3/c1-5-10-25-16-7-6-15(21(25)26)12-24(13-16)22(27)20-14(2)23(3)19-9-8-17(28-4)11-18(19)20/h8-9,11,15-16H,5-7,10,12-13H2,1-4H3/t15-,16+/m1/s1. The normalized spacial score (nSPS) is 22.1. The van der Waals surface area contributed by atoms with E-state index in [1.165, 1.54) is 0 Å². The zero-order valence-electron chi connectivity index (χ0n) is 17.2. The van der Waals surface area contributed by atoms with Gasteiger partial charge in [0.05, 0.1) is 18.6 Å². The van der Waals surface area contributed by atoms with E-state index in [0.717, 1.165) is 53.7 Å². The largest absolute Gasteiger partial charge is 0.497 e. The second kappa shape index (κ2) is 7.15. The summed E-state index contributed by atoms with van der Waals surface area (Å²) in [6, 6.07) is 6.00. The van der Waals surface area contributed by atoms with Crippen molar-refractivity contribution < 1.29 is 14.3 Å². The van der Waals surface area contributed by atoms with Gasteiger partial charge < -0.3 is 19.1 Å². The minimum atomic E-state index is -0.0703. The Hall–Kier alpha value is -2.50. The lowest BCUT2D eigenvalue weighted by Crippen LogP contribution is -2.48. The van der Waals surface area contributed by atoms with Crippen LogP contribution in [-0.2, 0) is 11.8 Å². The first kappa shape index (κ1) is 18.8. The number of nitrogens with zero attached hydrogens (tertiary/aromatic N) is 3. The predicted octanol–water partition coefficient (Wildman–Crippen LogP) is 2.97. The topological polar surface area (TPSA) is 54.8 Å². The quantitative estimate of drug-likeness (QED) is 0.816. The molecule has 2 atom stereocenters. The van der Waals surface area contributed by atoms with Crippen molar-refractivity contribution in [1.29, 1.82) is 0 Å². The van der Waals surface area contributed by atoms with E-state index >= 15 is 0 Å². The van der Waals surface area contributed by atoms with Gasteiger partial charge in [0, 0.05) is 49.3 Å². The molecule has 6 nitrogen and oxygen atoms in total. The molecule has 2 amide bonds. The van der Waals surface area contributed by atoms with Crippen molar-refractivity contribution in [2.75, 3.05) is 26.7 Å². The molecule has 0 spiro atoms. The minimum Gasteiger partial charge on any atom is -0.497 e. The van der Waals surface area contributed by atoms with Gasteiger partial charge in [-0.3, -0.25) is 9.59 Å². The number of ether oxygens (including phenoxy) is 1. The molecule has 3 aliphatic rings. The first-order chi connectivity index (χ1) is 13.5. The van der Waals surface area contributed by atoms with Crippen molar-refractivity contribution in [3.05, 3.63) is 29.5 Å². The molecule has 5 rings (SSSR count). The molecule has 3 aliphatic heterocycles. The van der Waals surface area contributed by atoms with Crippen LogP contribution in [0.2, 0.25) is 0 Å². The van der Waals surface area contributed by atoms with Gasteiger partial charge in [-0.15, -0.1) is 0 Å². The highest BCUT2D eigenvalue weighted by Gasteiger charge is 2.42. The van der Waals surface area contributed by atoms with Crippen molar-refractivity contribution in [3.8, 4) is 5.75 Å². The fourth-order valence-corrected chi connectivity index (χ4v) is 4.85. The summed E-state index contributed by atoms with van der Waals surface area (Å²) in [5.74, 6) is 0.926. The summed E-state index contributed by atoms with van der Waals surface area (Å²) < 4.78 is 7.44. The monoisotopic (exact) mass is 383 g/mol. The third kappa shape index (κ3) is 2.86. The number of benzene rings is 1. The average molecular weight is 383 g/mol. The summed E-state index contributed by atoms with van der Waals surface area (Å²) in [6.07, 6.45) is 2.82. The third-order valence-electron chi connectivity index (χ3n) is 6.46. The van der Waals surface area contributed by atoms with Crippen molar-refractivity contribution in [2.24, 2.45) is 13.0 Å². The number of methoxy groups -OCH3 is 1. The second-order valence-electron chi connectivity index (χ2n) is 8.07. The summed E-state index contributed by atoms with van der Waals surface area (Å²) in [5, 5.41) is 0.915. The van der Waals surface area contributed by atoms with Gasteiger partial charge in [0.1, 0.15) is 5.75 Å². The van der Waals surface area contributed by atoms with Gasteiger partial charge in [-0.1, -0.05) is 6.92 Å². The summed E-state index contributed by atoms with van der Waals surface area (Å²) >= 11 is 0. The first-order valence-corrected chi connectivity index (χ1v) is 10.2. The molecule has 2 bridgehead atoms. The van der Waals surface area contributed by atoms with Crippen LogP contribution in [0, 0.1) is 12.8 Å². The molecule has 1 aromatic heterocycles. The van der Waals surface area contributed by atoms with Crippen molar-refractivity contribution >= 4 is 22.7 Å². The van der Waals surface area contributed by atoms with Crippen LogP contribution in [-0.4, -0.2) is 59.0 Å². The number of hydrogen-bond donors (Lipinski definition) is 0. The van der Waals surface area contributed by atoms with Crippen LogP contribution >= 0.6 is 0 Å². The lowest BCUT2D eigenvalue weighted by atomic mass is 9.94. The number of aryl methyl sites for hydroxylation is 1. The van der Waals surface area contributed by atoms with Crippen LogP contribution in [0.3, 0.4) is 0 Å². The summed E-state index contributed by atoms with van der Waals surface area (Å²) in [4.78, 5) is 30.4. The van der Waals surface area contributed by atoms with E-state index in [9.17, 15) is 9.59 Å². The molecule has 28 heavy (non-hydrogen) atoms. The highest BCUT2D eigenvalue weighted by molar-refractivity contribution is 6.09. The lowest BCUT2D eigenvalue weighted by Gasteiger charge is -2.35. The molecule has 0 unspecified atom stereocenters. The molecule has 3 fully saturated rings. The van der Waals surface area contributed by atoms with Crippen molar-refractivity contribution in [2.45, 2.75) is 39.2 Å². The van der Waals surface area contributed by atoms with Crippen LogP contribution in [0.5, 0.6) is 5.75 Å². The number of piperidine rings is 1. The maximum atomic E-state index is 13.6. The molecule has 1 aromatic carbocycles. The zero-order chi connectivity index (χ0) is 20.0. The molecule has 2 aromatic rings. The smallest absolute Gasteiger partial charge is 0.256 e. The summed E-state index contributed by atoms with van der Waals surface area (Å²) in [6.45, 7) is 6.02. The summed E-state index contributed by atoms with van der Waals surface area (Å²) in [5.41, 5.74) is 2.69. The van der Waals surface area contributed by atoms with Gasteiger partial charge >= 0.3 is 0 Å². The van der Waals surface area contributed by atoms with Crippen LogP contribution in [0.4, 0.5) is 0 Å². The van der Waals surface area contributed by atoms with Crippen LogP contribution < -0.4 is 4.74 Å². The lowest BCUT2D eigenvalue weighted by molar-refractivity contribution is -0.139. The Morgan fingerprint density at radius 2 is 2.04 bits per heavy atom. The maximum Gasteiger partial charge on any atom is 0.256 e. The molecule has 0 radical (unpaired) electrons. The highest BCUT2D eigenvalue weighted by atomic mass is 16.5. The molecule has 0 aliphatic carbocycles. The zero-order valence-corrected chi connectivity index (χ0v) is 17.2. The number of carbonyl (C=O) groups excluding carboxylic acids is 2. The van der Waals surface area contributed by atoms with E-state index in [-0.39, 0.29) is 23.8 Å². The van der Waals surface area contributed by atoms with Gasteiger partial charge in [0.25, 0.3) is 5.91 Å². The van der Waals surface area contributed by atoms with Crippen LogP contribution in [0.25, 0.3) is 10.9 Å². The molecule has 3 saturated heterocycles. The first-order valence-electron chi connectivity index (χ1n) is 10.2. The van der Waals surface area contributed by atoms with Crippen LogP contribution in [0.15, 0.2) is 18.2 Å². The Balaban J connectivity index is 1.72. The van der Waals surface area contributed by atoms with E-state index in [1.807, 2.05) is 42.0 Å². The van der Waals surface area contributed by atoms with Gasteiger partial charge in [-0.05, 0) is 44.4 Å². The van der Waals surface area contributed by atoms with Gasteiger partial charge in [0.15, 0.2) is 0 Å². The molecule has 0 N–H and O–H groups in total. The Labute approximate surface area is 166 Å². The summed E-state index contributed by atoms with van der Waals surface area (Å²) in [7, 11) is 3.62. The van der Waals surface area contributed by atoms with Crippen LogP contribution in [0.1, 0.15) is 42.2 Å². The van der Waals surface area contributed by atoms with Crippen molar-refractivity contribution in [1.82, 2.24) is 14.4 Å². The Morgan fingerprint density at radius 1 is 1.25 bits per heavy atom. The van der Waals surface area contributed by atoms with E-state index in [4.69, 9.17) is 4.74 Å². The molecular weight excluding hydrogens is 354 g/mol. The average Bonchev–Trinajstić information content (AvgIpc) is 2.86. The fraction of sp³-hybridized carbons (Fsp3) is 0.545. The van der Waals surface area contributed by atoms with Gasteiger partial charge in [-0.2, -0.15) is 0 Å². The number of fused-ring (bicyclic) bond motifs is 5. The Bertz CT molecular complexity index is 933. The molecule has 0 saturated carbocycles.